The summed E-state index contributed by atoms with van der Waals surface area (Å²) in [7, 11) is 3.20. The molecule has 0 radical (unpaired) electrons. The Balaban J connectivity index is 2.26. The van der Waals surface area contributed by atoms with Crippen molar-refractivity contribution >= 4 is 34.7 Å². The van der Waals surface area contributed by atoms with Crippen molar-refractivity contribution in [2.75, 3.05) is 14.1 Å². The second-order valence-electron chi connectivity index (χ2n) is 4.19. The average Bonchev–Trinajstić information content (AvgIpc) is 2.65. The smallest absolute Gasteiger partial charge is 0.266 e. The number of rotatable bonds is 3. The zero-order valence-electron chi connectivity index (χ0n) is 10.8. The molecule has 1 fully saturated rings. The standard InChI is InChI=1S/C12H11N3O4S/c1-13(2)14-11(16)10(20-12(14)17)7-8-3-5-9(6-4-8)15(18)19/h3-7H,1-2H3/b10-7-. The predicted molar refractivity (Wildman–Crippen MR) is 74.6 cm³/mol. The number of hydrazine groups is 1. The number of imide groups is 1. The summed E-state index contributed by atoms with van der Waals surface area (Å²) in [6.07, 6.45) is 1.54. The number of hydrogen-bond acceptors (Lipinski definition) is 6. The second-order valence-corrected chi connectivity index (χ2v) is 5.18. The van der Waals surface area contributed by atoms with Gasteiger partial charge in [-0.2, -0.15) is 5.01 Å². The topological polar surface area (TPSA) is 83.8 Å². The first-order valence-electron chi connectivity index (χ1n) is 5.60. The number of nitro benzene ring substituents is 1. The van der Waals surface area contributed by atoms with Crippen molar-refractivity contribution in [2.24, 2.45) is 0 Å². The zero-order chi connectivity index (χ0) is 14.9. The van der Waals surface area contributed by atoms with Crippen LogP contribution in [0.3, 0.4) is 0 Å². The molecule has 7 nitrogen and oxygen atoms in total. The minimum absolute atomic E-state index is 0.0245. The molecule has 0 N–H and O–H groups in total. The Morgan fingerprint density at radius 1 is 1.25 bits per heavy atom. The molecule has 8 heteroatoms. The number of nitrogens with zero attached hydrogens (tertiary/aromatic N) is 3. The maximum absolute atomic E-state index is 12.0. The van der Waals surface area contributed by atoms with Gasteiger partial charge in [0.1, 0.15) is 0 Å². The highest BCUT2D eigenvalue weighted by Gasteiger charge is 2.36. The van der Waals surface area contributed by atoms with E-state index >= 15 is 0 Å². The van der Waals surface area contributed by atoms with Gasteiger partial charge < -0.3 is 0 Å². The number of carbonyl (C=O) groups excluding carboxylic acids is 2. The van der Waals surface area contributed by atoms with Gasteiger partial charge in [0.2, 0.25) is 0 Å². The Kier molecular flexibility index (Phi) is 3.86. The lowest BCUT2D eigenvalue weighted by molar-refractivity contribution is -0.384. The lowest BCUT2D eigenvalue weighted by Crippen LogP contribution is -2.40. The summed E-state index contributed by atoms with van der Waals surface area (Å²) in [5.74, 6) is -0.400. The Bertz CT molecular complexity index is 610. The summed E-state index contributed by atoms with van der Waals surface area (Å²) in [6, 6.07) is 5.76. The monoisotopic (exact) mass is 293 g/mol. The number of amides is 2. The van der Waals surface area contributed by atoms with Crippen LogP contribution in [-0.4, -0.2) is 40.2 Å². The van der Waals surface area contributed by atoms with Gasteiger partial charge in [-0.1, -0.05) is 0 Å². The van der Waals surface area contributed by atoms with Crippen molar-refractivity contribution in [3.63, 3.8) is 0 Å². The molecular weight excluding hydrogens is 282 g/mol. The molecule has 0 saturated carbocycles. The van der Waals surface area contributed by atoms with Crippen LogP contribution in [0.5, 0.6) is 0 Å². The lowest BCUT2D eigenvalue weighted by atomic mass is 10.2. The van der Waals surface area contributed by atoms with Crippen LogP contribution in [0.2, 0.25) is 0 Å². The van der Waals surface area contributed by atoms with Crippen molar-refractivity contribution in [2.45, 2.75) is 0 Å². The van der Waals surface area contributed by atoms with Crippen molar-refractivity contribution in [1.82, 2.24) is 10.0 Å². The Hall–Kier alpha value is -2.19. The average molecular weight is 293 g/mol. The summed E-state index contributed by atoms with van der Waals surface area (Å²) in [4.78, 5) is 34.0. The molecule has 2 amide bonds. The van der Waals surface area contributed by atoms with Crippen LogP contribution in [0.4, 0.5) is 10.5 Å². The summed E-state index contributed by atoms with van der Waals surface area (Å²) in [6.45, 7) is 0. The SMILES string of the molecule is CN(C)N1C(=O)S/C(=C\c2ccc([N+](=O)[O-])cc2)C1=O. The lowest BCUT2D eigenvalue weighted by Gasteiger charge is -2.19. The maximum Gasteiger partial charge on any atom is 0.308 e. The first-order valence-corrected chi connectivity index (χ1v) is 6.41. The van der Waals surface area contributed by atoms with Crippen LogP contribution in [0.15, 0.2) is 29.2 Å². The van der Waals surface area contributed by atoms with Crippen molar-refractivity contribution in [3.8, 4) is 0 Å². The molecule has 0 aliphatic carbocycles. The molecule has 1 aliphatic rings. The molecule has 1 aliphatic heterocycles. The first-order chi connectivity index (χ1) is 9.40. The highest BCUT2D eigenvalue weighted by molar-refractivity contribution is 8.18. The van der Waals surface area contributed by atoms with E-state index in [0.717, 1.165) is 16.8 Å². The maximum atomic E-state index is 12.0. The molecule has 0 spiro atoms. The van der Waals surface area contributed by atoms with Crippen LogP contribution in [0.1, 0.15) is 5.56 Å². The second kappa shape index (κ2) is 5.43. The van der Waals surface area contributed by atoms with E-state index in [4.69, 9.17) is 0 Å². The zero-order valence-corrected chi connectivity index (χ0v) is 11.6. The largest absolute Gasteiger partial charge is 0.308 e. The quantitative estimate of drug-likeness (QED) is 0.482. The Morgan fingerprint density at radius 3 is 2.30 bits per heavy atom. The highest BCUT2D eigenvalue weighted by Crippen LogP contribution is 2.32. The molecule has 1 saturated heterocycles. The number of carbonyl (C=O) groups is 2. The molecule has 104 valence electrons. The Labute approximate surface area is 119 Å². The summed E-state index contributed by atoms with van der Waals surface area (Å²) >= 11 is 0.838. The number of nitro groups is 1. The van der Waals surface area contributed by atoms with Gasteiger partial charge in [-0.25, -0.2) is 5.01 Å². The summed E-state index contributed by atoms with van der Waals surface area (Å²) in [5, 5.41) is 12.6. The third kappa shape index (κ3) is 2.70. The van der Waals surface area contributed by atoms with Crippen LogP contribution in [0.25, 0.3) is 6.08 Å². The fourth-order valence-electron chi connectivity index (χ4n) is 1.65. The van der Waals surface area contributed by atoms with E-state index < -0.39 is 10.8 Å². The van der Waals surface area contributed by atoms with Gasteiger partial charge in [0, 0.05) is 26.2 Å². The predicted octanol–water partition coefficient (Wildman–Crippen LogP) is 2.11. The molecule has 2 rings (SSSR count). The number of hydrogen-bond donors (Lipinski definition) is 0. The fraction of sp³-hybridized carbons (Fsp3) is 0.167. The number of non-ortho nitro benzene ring substituents is 1. The summed E-state index contributed by atoms with van der Waals surface area (Å²) in [5.41, 5.74) is 0.600. The van der Waals surface area contributed by atoms with Gasteiger partial charge in [0.25, 0.3) is 11.6 Å². The molecule has 1 heterocycles. The molecule has 0 atom stereocenters. The van der Waals surface area contributed by atoms with Crippen molar-refractivity contribution in [3.05, 3.63) is 44.8 Å². The molecule has 1 aromatic rings. The highest BCUT2D eigenvalue weighted by atomic mass is 32.2. The van der Waals surface area contributed by atoms with Gasteiger partial charge in [0.15, 0.2) is 0 Å². The molecule has 20 heavy (non-hydrogen) atoms. The molecule has 0 aromatic heterocycles. The van der Waals surface area contributed by atoms with Crippen molar-refractivity contribution < 1.29 is 14.5 Å². The van der Waals surface area contributed by atoms with E-state index in [0.29, 0.717) is 5.56 Å². The van der Waals surface area contributed by atoms with E-state index in [1.54, 1.807) is 14.1 Å². The van der Waals surface area contributed by atoms with Gasteiger partial charge in [-0.05, 0) is 35.5 Å². The third-order valence-electron chi connectivity index (χ3n) is 2.58. The molecular formula is C12H11N3O4S. The van der Waals surface area contributed by atoms with Crippen LogP contribution < -0.4 is 0 Å². The van der Waals surface area contributed by atoms with Gasteiger partial charge in [-0.3, -0.25) is 19.7 Å². The summed E-state index contributed by atoms with van der Waals surface area (Å²) < 4.78 is 0. The van der Waals surface area contributed by atoms with E-state index in [2.05, 4.69) is 0 Å². The molecule has 0 unspecified atom stereocenters. The number of thioether (sulfide) groups is 1. The van der Waals surface area contributed by atoms with E-state index in [1.807, 2.05) is 0 Å². The third-order valence-corrected chi connectivity index (χ3v) is 3.43. The van der Waals surface area contributed by atoms with Crippen LogP contribution in [0, 0.1) is 10.1 Å². The molecule has 1 aromatic carbocycles. The fourth-order valence-corrected chi connectivity index (χ4v) is 2.54. The molecule has 0 bridgehead atoms. The van der Waals surface area contributed by atoms with Crippen LogP contribution in [-0.2, 0) is 4.79 Å². The normalized spacial score (nSPS) is 17.4. The van der Waals surface area contributed by atoms with E-state index in [-0.39, 0.29) is 15.8 Å². The first kappa shape index (κ1) is 14.2. The van der Waals surface area contributed by atoms with E-state index in [1.165, 1.54) is 35.4 Å². The number of benzene rings is 1. The minimum atomic E-state index is -0.496. The van der Waals surface area contributed by atoms with Gasteiger partial charge in [0.05, 0.1) is 9.83 Å². The Morgan fingerprint density at radius 2 is 1.85 bits per heavy atom. The minimum Gasteiger partial charge on any atom is -0.266 e. The van der Waals surface area contributed by atoms with Gasteiger partial charge in [-0.15, -0.1) is 0 Å². The van der Waals surface area contributed by atoms with Crippen molar-refractivity contribution in [1.29, 1.82) is 0 Å². The van der Waals surface area contributed by atoms with Gasteiger partial charge >= 0.3 is 5.24 Å². The van der Waals surface area contributed by atoms with Crippen LogP contribution >= 0.6 is 11.8 Å². The van der Waals surface area contributed by atoms with E-state index in [9.17, 15) is 19.7 Å².